The van der Waals surface area contributed by atoms with Gasteiger partial charge < -0.3 is 15.0 Å². The van der Waals surface area contributed by atoms with Gasteiger partial charge in [0, 0.05) is 11.4 Å². The summed E-state index contributed by atoms with van der Waals surface area (Å²) in [6.07, 6.45) is 1.34. The molecule has 0 saturated heterocycles. The Morgan fingerprint density at radius 2 is 1.77 bits per heavy atom. The average molecular weight is 319 g/mol. The molecule has 0 radical (unpaired) electrons. The van der Waals surface area contributed by atoms with E-state index in [4.69, 9.17) is 4.55 Å². The van der Waals surface area contributed by atoms with Crippen LogP contribution in [0, 0.1) is 0 Å². The predicted molar refractivity (Wildman–Crippen MR) is 86.5 cm³/mol. The minimum atomic E-state index is -1.76. The third-order valence-electron chi connectivity index (χ3n) is 3.14. The van der Waals surface area contributed by atoms with Gasteiger partial charge in [-0.15, -0.1) is 0 Å². The van der Waals surface area contributed by atoms with Gasteiger partial charge >= 0.3 is 0 Å². The van der Waals surface area contributed by atoms with Crippen molar-refractivity contribution in [1.29, 1.82) is 0 Å². The minimum Gasteiger partial charge on any atom is -0.507 e. The monoisotopic (exact) mass is 319 g/mol. The molecular formula is C16H17NO4S. The molecule has 6 heteroatoms. The first kappa shape index (κ1) is 16.2. The number of hydrogen-bond donors (Lipinski definition) is 3. The quantitative estimate of drug-likeness (QED) is 0.715. The number of rotatable bonds is 6. The van der Waals surface area contributed by atoms with Crippen molar-refractivity contribution in [2.75, 3.05) is 11.1 Å². The smallest absolute Gasteiger partial charge is 0.259 e. The lowest BCUT2D eigenvalue weighted by molar-refractivity contribution is 0.102. The maximum absolute atomic E-state index is 12.0. The van der Waals surface area contributed by atoms with Gasteiger partial charge in [-0.05, 0) is 42.7 Å². The molecule has 0 fully saturated rings. The molecule has 1 unspecified atom stereocenters. The van der Waals surface area contributed by atoms with Gasteiger partial charge in [0.05, 0.1) is 5.56 Å². The summed E-state index contributed by atoms with van der Waals surface area (Å²) in [5.41, 5.74) is 1.88. The van der Waals surface area contributed by atoms with Gasteiger partial charge in [0.2, 0.25) is 0 Å². The van der Waals surface area contributed by atoms with E-state index in [0.717, 1.165) is 5.56 Å². The van der Waals surface area contributed by atoms with Crippen LogP contribution in [-0.4, -0.2) is 25.5 Å². The fourth-order valence-corrected chi connectivity index (χ4v) is 2.41. The van der Waals surface area contributed by atoms with Crippen molar-refractivity contribution in [2.45, 2.75) is 12.8 Å². The first-order valence-electron chi connectivity index (χ1n) is 6.82. The van der Waals surface area contributed by atoms with E-state index in [1.807, 2.05) is 12.1 Å². The number of benzene rings is 2. The third-order valence-corrected chi connectivity index (χ3v) is 3.78. The Morgan fingerprint density at radius 1 is 1.09 bits per heavy atom. The molecule has 22 heavy (non-hydrogen) atoms. The Morgan fingerprint density at radius 3 is 2.41 bits per heavy atom. The maximum Gasteiger partial charge on any atom is 0.259 e. The van der Waals surface area contributed by atoms with Crippen molar-refractivity contribution < 1.29 is 18.7 Å². The first-order chi connectivity index (χ1) is 10.6. The van der Waals surface area contributed by atoms with E-state index in [9.17, 15) is 14.1 Å². The number of amides is 1. The van der Waals surface area contributed by atoms with Crippen LogP contribution in [0.25, 0.3) is 0 Å². The van der Waals surface area contributed by atoms with Crippen molar-refractivity contribution in [2.24, 2.45) is 0 Å². The number of phenols is 1. The standard InChI is InChI=1S/C16H17NO4S/c18-15-6-2-1-5-14(15)16(19)17-13-9-7-12(8-10-13)4-3-11-22(20)21/h1-2,5-10,18H,3-4,11H2,(H,17,19)(H,20,21). The van der Waals surface area contributed by atoms with Gasteiger partial charge in [-0.2, -0.15) is 0 Å². The van der Waals surface area contributed by atoms with Crippen molar-refractivity contribution in [3.63, 3.8) is 0 Å². The molecule has 1 amide bonds. The number of para-hydroxylation sites is 1. The van der Waals surface area contributed by atoms with Gasteiger partial charge in [-0.1, -0.05) is 24.3 Å². The van der Waals surface area contributed by atoms with Gasteiger partial charge in [0.1, 0.15) is 5.75 Å². The molecule has 2 aromatic carbocycles. The van der Waals surface area contributed by atoms with Gasteiger partial charge in [0.25, 0.3) is 5.91 Å². The second-order valence-corrected chi connectivity index (χ2v) is 5.85. The van der Waals surface area contributed by atoms with E-state index in [-0.39, 0.29) is 23.0 Å². The second-order valence-electron chi connectivity index (χ2n) is 4.80. The van der Waals surface area contributed by atoms with Gasteiger partial charge in [-0.3, -0.25) is 4.79 Å². The number of aromatic hydroxyl groups is 1. The van der Waals surface area contributed by atoms with E-state index in [1.54, 1.807) is 30.3 Å². The Hall–Kier alpha value is -2.18. The molecule has 1 atom stereocenters. The highest BCUT2D eigenvalue weighted by atomic mass is 32.2. The minimum absolute atomic E-state index is 0.0615. The Labute approximate surface area is 131 Å². The van der Waals surface area contributed by atoms with E-state index in [2.05, 4.69) is 5.32 Å². The molecule has 0 heterocycles. The zero-order valence-corrected chi connectivity index (χ0v) is 12.7. The van der Waals surface area contributed by atoms with Gasteiger partial charge in [-0.25, -0.2) is 4.21 Å². The first-order valence-corrected chi connectivity index (χ1v) is 8.09. The summed E-state index contributed by atoms with van der Waals surface area (Å²) in [4.78, 5) is 12.0. The molecule has 2 aromatic rings. The van der Waals surface area contributed by atoms with Crippen molar-refractivity contribution in [3.8, 4) is 5.75 Å². The van der Waals surface area contributed by atoms with Gasteiger partial charge in [0.15, 0.2) is 11.1 Å². The molecule has 0 aromatic heterocycles. The lowest BCUT2D eigenvalue weighted by Crippen LogP contribution is -2.11. The fourth-order valence-electron chi connectivity index (χ4n) is 2.02. The summed E-state index contributed by atoms with van der Waals surface area (Å²) < 4.78 is 19.3. The highest BCUT2D eigenvalue weighted by Gasteiger charge is 2.10. The Balaban J connectivity index is 1.95. The Bertz CT molecular complexity index is 670. The summed E-state index contributed by atoms with van der Waals surface area (Å²) in [6, 6.07) is 13.6. The SMILES string of the molecule is O=C(Nc1ccc(CCCS(=O)O)cc1)c1ccccc1O. The summed E-state index contributed by atoms with van der Waals surface area (Å²) in [5, 5.41) is 12.4. The molecule has 3 N–H and O–H groups in total. The lowest BCUT2D eigenvalue weighted by atomic mass is 10.1. The zero-order chi connectivity index (χ0) is 15.9. The van der Waals surface area contributed by atoms with Crippen molar-refractivity contribution in [3.05, 3.63) is 59.7 Å². The predicted octanol–water partition coefficient (Wildman–Crippen LogP) is 2.80. The van der Waals surface area contributed by atoms with Crippen LogP contribution in [-0.2, 0) is 17.5 Å². The molecular weight excluding hydrogens is 302 g/mol. The van der Waals surface area contributed by atoms with Crippen LogP contribution in [0.1, 0.15) is 22.3 Å². The summed E-state index contributed by atoms with van der Waals surface area (Å²) in [5.74, 6) is -0.179. The summed E-state index contributed by atoms with van der Waals surface area (Å²) in [7, 11) is 0. The maximum atomic E-state index is 12.0. The number of aryl methyl sites for hydroxylation is 1. The molecule has 0 aliphatic rings. The lowest BCUT2D eigenvalue weighted by Gasteiger charge is -2.07. The van der Waals surface area contributed by atoms with E-state index >= 15 is 0 Å². The average Bonchev–Trinajstić information content (AvgIpc) is 2.49. The Kier molecular flexibility index (Phi) is 5.68. The molecule has 116 valence electrons. The highest BCUT2D eigenvalue weighted by molar-refractivity contribution is 7.79. The van der Waals surface area contributed by atoms with Crippen molar-refractivity contribution >= 4 is 22.7 Å². The number of hydrogen-bond acceptors (Lipinski definition) is 3. The number of anilines is 1. The van der Waals surface area contributed by atoms with E-state index < -0.39 is 11.1 Å². The van der Waals surface area contributed by atoms with Crippen LogP contribution in [0.4, 0.5) is 5.69 Å². The third kappa shape index (κ3) is 4.68. The molecule has 0 bridgehead atoms. The summed E-state index contributed by atoms with van der Waals surface area (Å²) in [6.45, 7) is 0. The van der Waals surface area contributed by atoms with Crippen molar-refractivity contribution in [1.82, 2.24) is 0 Å². The van der Waals surface area contributed by atoms with Crippen LogP contribution in [0.2, 0.25) is 0 Å². The van der Waals surface area contributed by atoms with Crippen LogP contribution >= 0.6 is 0 Å². The largest absolute Gasteiger partial charge is 0.507 e. The van der Waals surface area contributed by atoms with Crippen LogP contribution in [0.15, 0.2) is 48.5 Å². The molecule has 5 nitrogen and oxygen atoms in total. The van der Waals surface area contributed by atoms with Crippen LogP contribution in [0.5, 0.6) is 5.75 Å². The van der Waals surface area contributed by atoms with Crippen LogP contribution in [0.3, 0.4) is 0 Å². The summed E-state index contributed by atoms with van der Waals surface area (Å²) >= 11 is -1.76. The molecule has 0 aliphatic carbocycles. The van der Waals surface area contributed by atoms with E-state index in [1.165, 1.54) is 6.07 Å². The molecule has 0 aliphatic heterocycles. The number of carbonyl (C=O) groups excluding carboxylic acids is 1. The zero-order valence-electron chi connectivity index (χ0n) is 11.9. The normalized spacial score (nSPS) is 11.9. The second kappa shape index (κ2) is 7.72. The molecule has 0 saturated carbocycles. The van der Waals surface area contributed by atoms with Crippen LogP contribution < -0.4 is 5.32 Å². The van der Waals surface area contributed by atoms with E-state index in [0.29, 0.717) is 18.5 Å². The molecule has 2 rings (SSSR count). The molecule has 0 spiro atoms. The topological polar surface area (TPSA) is 86.6 Å². The highest BCUT2D eigenvalue weighted by Crippen LogP contribution is 2.18. The number of nitrogens with one attached hydrogen (secondary N) is 1. The number of carbonyl (C=O) groups is 1. The fraction of sp³-hybridized carbons (Fsp3) is 0.188. The number of phenolic OH excluding ortho intramolecular Hbond substituents is 1.